The Kier molecular flexibility index (Phi) is 7.08. The van der Waals surface area contributed by atoms with Crippen LogP contribution in [-0.4, -0.2) is 39.8 Å². The highest BCUT2D eigenvalue weighted by molar-refractivity contribution is 9.10. The van der Waals surface area contributed by atoms with Crippen molar-refractivity contribution in [2.24, 2.45) is 0 Å². The lowest BCUT2D eigenvalue weighted by Gasteiger charge is -2.15. The summed E-state index contributed by atoms with van der Waals surface area (Å²) in [5.74, 6) is 1.42. The van der Waals surface area contributed by atoms with E-state index in [1.54, 1.807) is 7.11 Å². The third-order valence-corrected chi connectivity index (χ3v) is 3.98. The predicted octanol–water partition coefficient (Wildman–Crippen LogP) is 1.99. The number of anilines is 1. The molecule has 24 heavy (non-hydrogen) atoms. The largest absolute Gasteiger partial charge is 0.495 e. The van der Waals surface area contributed by atoms with Crippen LogP contribution in [-0.2, 0) is 4.79 Å². The molecule has 0 saturated carbocycles. The summed E-state index contributed by atoms with van der Waals surface area (Å²) < 4.78 is 11.9. The minimum atomic E-state index is -0.0550. The molecule has 0 aromatic heterocycles. The van der Waals surface area contributed by atoms with Crippen LogP contribution >= 0.6 is 15.9 Å². The highest BCUT2D eigenvalue weighted by atomic mass is 79.9. The molecule has 128 valence electrons. The molecule has 0 aliphatic heterocycles. The van der Waals surface area contributed by atoms with E-state index < -0.39 is 0 Å². The second-order valence-electron chi connectivity index (χ2n) is 5.43. The smallest absolute Gasteiger partial charge is 0.279 e. The van der Waals surface area contributed by atoms with Gasteiger partial charge in [-0.1, -0.05) is 28.1 Å². The number of amides is 1. The summed E-state index contributed by atoms with van der Waals surface area (Å²) in [4.78, 5) is 13.2. The average molecular weight is 394 g/mol. The topological polar surface area (TPSA) is 52.0 Å². The van der Waals surface area contributed by atoms with Gasteiger partial charge in [0.25, 0.3) is 5.91 Å². The number of carbonyl (C=O) groups is 1. The van der Waals surface area contributed by atoms with Crippen molar-refractivity contribution >= 4 is 27.5 Å². The Morgan fingerprint density at radius 1 is 1.17 bits per heavy atom. The molecule has 1 amide bonds. The van der Waals surface area contributed by atoms with Gasteiger partial charge in [-0.05, 0) is 36.4 Å². The van der Waals surface area contributed by atoms with E-state index in [-0.39, 0.29) is 5.91 Å². The number of methoxy groups -OCH3 is 1. The van der Waals surface area contributed by atoms with Gasteiger partial charge in [0.05, 0.1) is 19.8 Å². The fourth-order valence-corrected chi connectivity index (χ4v) is 2.44. The van der Waals surface area contributed by atoms with Crippen molar-refractivity contribution in [1.29, 1.82) is 0 Å². The average Bonchev–Trinajstić information content (AvgIpc) is 2.57. The van der Waals surface area contributed by atoms with E-state index >= 15 is 0 Å². The van der Waals surface area contributed by atoms with Crippen LogP contribution in [0.1, 0.15) is 0 Å². The number of para-hydroxylation sites is 2. The Hall–Kier alpha value is -2.05. The number of carbonyl (C=O) groups excluding carboxylic acids is 1. The zero-order valence-corrected chi connectivity index (χ0v) is 15.4. The Morgan fingerprint density at radius 2 is 1.88 bits per heavy atom. The number of likely N-dealkylation sites (N-methyl/N-ethyl adjacent to an activating group) is 1. The zero-order valence-electron chi connectivity index (χ0n) is 13.8. The quantitative estimate of drug-likeness (QED) is 0.720. The minimum Gasteiger partial charge on any atom is -0.495 e. The Bertz CT molecular complexity index is 662. The van der Waals surface area contributed by atoms with Crippen molar-refractivity contribution in [1.82, 2.24) is 0 Å². The molecule has 2 rings (SSSR count). The van der Waals surface area contributed by atoms with Crippen LogP contribution in [0.3, 0.4) is 0 Å². The fourth-order valence-electron chi connectivity index (χ4n) is 2.18. The van der Waals surface area contributed by atoms with E-state index in [0.717, 1.165) is 21.7 Å². The van der Waals surface area contributed by atoms with Crippen molar-refractivity contribution in [2.75, 3.05) is 39.2 Å². The molecule has 0 aliphatic carbocycles. The van der Waals surface area contributed by atoms with E-state index in [0.29, 0.717) is 24.6 Å². The predicted molar refractivity (Wildman–Crippen MR) is 97.9 cm³/mol. The monoisotopic (exact) mass is 393 g/mol. The van der Waals surface area contributed by atoms with Gasteiger partial charge in [-0.3, -0.25) is 4.79 Å². The van der Waals surface area contributed by atoms with Gasteiger partial charge in [0.2, 0.25) is 0 Å². The first-order valence-corrected chi connectivity index (χ1v) is 8.50. The highest BCUT2D eigenvalue weighted by Crippen LogP contribution is 2.22. The molecular formula is C18H22BrN2O3+. The second kappa shape index (κ2) is 9.30. The summed E-state index contributed by atoms with van der Waals surface area (Å²) in [5.41, 5.74) is 0.684. The molecule has 5 nitrogen and oxygen atoms in total. The molecule has 2 aromatic rings. The number of quaternary nitrogens is 1. The summed E-state index contributed by atoms with van der Waals surface area (Å²) in [6.07, 6.45) is 0. The number of benzene rings is 2. The number of ether oxygens (including phenoxy) is 2. The maximum absolute atomic E-state index is 12.1. The first kappa shape index (κ1) is 18.3. The molecule has 0 aliphatic rings. The van der Waals surface area contributed by atoms with Crippen molar-refractivity contribution in [3.63, 3.8) is 0 Å². The van der Waals surface area contributed by atoms with Crippen LogP contribution in [0.25, 0.3) is 0 Å². The van der Waals surface area contributed by atoms with Crippen LogP contribution in [0.4, 0.5) is 5.69 Å². The summed E-state index contributed by atoms with van der Waals surface area (Å²) in [7, 11) is 3.55. The van der Waals surface area contributed by atoms with Gasteiger partial charge >= 0.3 is 0 Å². The number of halogens is 1. The van der Waals surface area contributed by atoms with Gasteiger partial charge in [-0.2, -0.15) is 0 Å². The molecular weight excluding hydrogens is 372 g/mol. The molecule has 0 heterocycles. The van der Waals surface area contributed by atoms with Gasteiger partial charge in [0.15, 0.2) is 6.54 Å². The first-order valence-electron chi connectivity index (χ1n) is 7.71. The van der Waals surface area contributed by atoms with Crippen molar-refractivity contribution in [2.45, 2.75) is 0 Å². The van der Waals surface area contributed by atoms with E-state index in [4.69, 9.17) is 9.47 Å². The van der Waals surface area contributed by atoms with Crippen molar-refractivity contribution in [3.8, 4) is 11.5 Å². The maximum atomic E-state index is 12.1. The lowest BCUT2D eigenvalue weighted by molar-refractivity contribution is -0.871. The molecule has 0 spiro atoms. The van der Waals surface area contributed by atoms with Crippen LogP contribution in [0.5, 0.6) is 11.5 Å². The SMILES string of the molecule is COc1ccccc1NC(=O)C[NH+](C)CCOc1ccc(Br)cc1. The van der Waals surface area contributed by atoms with E-state index in [1.165, 1.54) is 0 Å². The van der Waals surface area contributed by atoms with Crippen LogP contribution in [0, 0.1) is 0 Å². The van der Waals surface area contributed by atoms with Gasteiger partial charge in [0, 0.05) is 4.47 Å². The summed E-state index contributed by atoms with van der Waals surface area (Å²) in [5, 5.41) is 2.88. The van der Waals surface area contributed by atoms with Crippen LogP contribution in [0.2, 0.25) is 0 Å². The summed E-state index contributed by atoms with van der Waals surface area (Å²) >= 11 is 3.39. The summed E-state index contributed by atoms with van der Waals surface area (Å²) in [6, 6.07) is 15.1. The zero-order chi connectivity index (χ0) is 17.4. The van der Waals surface area contributed by atoms with E-state index in [2.05, 4.69) is 21.2 Å². The Labute approximate surface area is 150 Å². The lowest BCUT2D eigenvalue weighted by atomic mass is 10.3. The fraction of sp³-hybridized carbons (Fsp3) is 0.278. The van der Waals surface area contributed by atoms with E-state index in [1.807, 2.05) is 55.6 Å². The maximum Gasteiger partial charge on any atom is 0.279 e. The molecule has 2 N–H and O–H groups in total. The standard InChI is InChI=1S/C18H21BrN2O3/c1-21(11-12-24-15-9-7-14(19)8-10-15)13-18(22)20-16-5-3-4-6-17(16)23-2/h3-10H,11-13H2,1-2H3,(H,20,22)/p+1. The summed E-state index contributed by atoms with van der Waals surface area (Å²) in [6.45, 7) is 1.65. The third kappa shape index (κ3) is 5.86. The van der Waals surface area contributed by atoms with E-state index in [9.17, 15) is 4.79 Å². The van der Waals surface area contributed by atoms with Gasteiger partial charge in [0.1, 0.15) is 24.7 Å². The molecule has 0 bridgehead atoms. The second-order valence-corrected chi connectivity index (χ2v) is 6.35. The molecule has 6 heteroatoms. The molecule has 0 fully saturated rings. The first-order chi connectivity index (χ1) is 11.6. The third-order valence-electron chi connectivity index (χ3n) is 3.45. The van der Waals surface area contributed by atoms with Gasteiger partial charge in [-0.25, -0.2) is 0 Å². The number of nitrogens with one attached hydrogen (secondary N) is 2. The molecule has 2 aromatic carbocycles. The normalized spacial score (nSPS) is 11.6. The number of hydrogen-bond acceptors (Lipinski definition) is 3. The molecule has 0 radical (unpaired) electrons. The van der Waals surface area contributed by atoms with Crippen molar-refractivity contribution < 1.29 is 19.2 Å². The molecule has 1 unspecified atom stereocenters. The van der Waals surface area contributed by atoms with Crippen molar-refractivity contribution in [3.05, 3.63) is 53.0 Å². The van der Waals surface area contributed by atoms with Gasteiger partial charge in [-0.15, -0.1) is 0 Å². The Balaban J connectivity index is 1.74. The Morgan fingerprint density at radius 3 is 2.58 bits per heavy atom. The minimum absolute atomic E-state index is 0.0550. The molecule has 1 atom stereocenters. The lowest BCUT2D eigenvalue weighted by Crippen LogP contribution is -3.10. The number of rotatable bonds is 8. The highest BCUT2D eigenvalue weighted by Gasteiger charge is 2.12. The molecule has 0 saturated heterocycles. The number of hydrogen-bond donors (Lipinski definition) is 2. The van der Waals surface area contributed by atoms with Crippen LogP contribution in [0.15, 0.2) is 53.0 Å². The van der Waals surface area contributed by atoms with Gasteiger partial charge < -0.3 is 19.7 Å². The van der Waals surface area contributed by atoms with Crippen LogP contribution < -0.4 is 19.7 Å².